The Labute approximate surface area is 138 Å². The molecule has 3 nitrogen and oxygen atoms in total. The topological polar surface area (TPSA) is 38.7 Å². The first-order valence-electron chi connectivity index (χ1n) is 7.51. The van der Waals surface area contributed by atoms with Gasteiger partial charge in [0.2, 0.25) is 0 Å². The van der Waals surface area contributed by atoms with Gasteiger partial charge in [0, 0.05) is 5.92 Å². The number of thiocarbonyl (C=S) groups is 1. The molecule has 1 aromatic carbocycles. The van der Waals surface area contributed by atoms with E-state index in [9.17, 15) is 4.79 Å². The summed E-state index contributed by atoms with van der Waals surface area (Å²) >= 11 is 4.64. The van der Waals surface area contributed by atoms with Crippen molar-refractivity contribution in [2.24, 2.45) is 16.3 Å². The largest absolute Gasteiger partial charge is 0.465 e. The van der Waals surface area contributed by atoms with Crippen molar-refractivity contribution in [3.8, 4) is 0 Å². The molecule has 1 atom stereocenters. The maximum Gasteiger partial charge on any atom is 0.311 e. The Hall–Kier alpha value is -1.51. The van der Waals surface area contributed by atoms with Crippen molar-refractivity contribution in [1.29, 1.82) is 0 Å². The molecule has 0 aliphatic rings. The molecule has 0 amide bonds. The third-order valence-electron chi connectivity index (χ3n) is 3.57. The number of hydrogen-bond donors (Lipinski definition) is 0. The van der Waals surface area contributed by atoms with Crippen LogP contribution in [0.2, 0.25) is 0 Å². The highest BCUT2D eigenvalue weighted by atomic mass is 32.1. The Bertz CT molecular complexity index is 569. The Morgan fingerprint density at radius 1 is 1.32 bits per heavy atom. The number of nitrogens with zero attached hydrogens (tertiary/aromatic N) is 1. The van der Waals surface area contributed by atoms with E-state index in [1.165, 1.54) is 16.7 Å². The molecule has 0 saturated carbocycles. The molecule has 0 aliphatic heterocycles. The molecular formula is C18H25NO2S. The molecule has 1 aromatic rings. The average molecular weight is 319 g/mol. The fraction of sp³-hybridized carbons (Fsp3) is 0.556. The Morgan fingerprint density at radius 3 is 2.55 bits per heavy atom. The van der Waals surface area contributed by atoms with Crippen molar-refractivity contribution in [2.75, 3.05) is 13.2 Å². The summed E-state index contributed by atoms with van der Waals surface area (Å²) in [4.78, 5) is 15.9. The van der Waals surface area contributed by atoms with Gasteiger partial charge in [0.25, 0.3) is 0 Å². The van der Waals surface area contributed by atoms with Gasteiger partial charge in [-0.2, -0.15) is 0 Å². The van der Waals surface area contributed by atoms with Crippen LogP contribution in [0.5, 0.6) is 0 Å². The fourth-order valence-corrected chi connectivity index (χ4v) is 2.09. The minimum atomic E-state index is -0.488. The second-order valence-corrected chi connectivity index (χ2v) is 6.95. The zero-order valence-corrected chi connectivity index (χ0v) is 14.9. The SMILES string of the molecule is Cc1ccc(CC(CN=C=S)COC(=O)C(C)(C)C)cc1C. The molecule has 1 rings (SSSR count). The van der Waals surface area contributed by atoms with Gasteiger partial charge in [0.05, 0.1) is 23.7 Å². The van der Waals surface area contributed by atoms with Gasteiger partial charge in [-0.3, -0.25) is 4.79 Å². The number of isothiocyanates is 1. The third kappa shape index (κ3) is 6.08. The molecule has 22 heavy (non-hydrogen) atoms. The first kappa shape index (κ1) is 18.5. The Morgan fingerprint density at radius 2 is 2.00 bits per heavy atom. The lowest BCUT2D eigenvalue weighted by Gasteiger charge is -2.20. The zero-order valence-electron chi connectivity index (χ0n) is 14.1. The molecule has 0 aliphatic carbocycles. The van der Waals surface area contributed by atoms with E-state index >= 15 is 0 Å². The number of carbonyl (C=O) groups is 1. The summed E-state index contributed by atoms with van der Waals surface area (Å²) in [5.74, 6) is -0.0761. The van der Waals surface area contributed by atoms with Crippen LogP contribution in [0, 0.1) is 25.2 Å². The first-order chi connectivity index (χ1) is 10.2. The molecule has 0 N–H and O–H groups in total. The van der Waals surface area contributed by atoms with Crippen LogP contribution in [0.25, 0.3) is 0 Å². The van der Waals surface area contributed by atoms with E-state index in [-0.39, 0.29) is 11.9 Å². The maximum absolute atomic E-state index is 11.9. The first-order valence-corrected chi connectivity index (χ1v) is 7.92. The molecule has 0 aromatic heterocycles. The fourth-order valence-electron chi connectivity index (χ4n) is 2.02. The van der Waals surface area contributed by atoms with E-state index in [0.717, 1.165) is 6.42 Å². The summed E-state index contributed by atoms with van der Waals surface area (Å²) in [6.07, 6.45) is 0.805. The third-order valence-corrected chi connectivity index (χ3v) is 3.70. The van der Waals surface area contributed by atoms with Crippen molar-refractivity contribution in [3.63, 3.8) is 0 Å². The molecule has 4 heteroatoms. The van der Waals surface area contributed by atoms with Crippen molar-refractivity contribution in [1.82, 2.24) is 0 Å². The number of hydrogen-bond acceptors (Lipinski definition) is 4. The summed E-state index contributed by atoms with van der Waals surface area (Å²) in [6, 6.07) is 6.41. The van der Waals surface area contributed by atoms with Crippen LogP contribution in [0.3, 0.4) is 0 Å². The summed E-state index contributed by atoms with van der Waals surface area (Å²) in [5, 5.41) is 2.39. The summed E-state index contributed by atoms with van der Waals surface area (Å²) < 4.78 is 5.43. The van der Waals surface area contributed by atoms with E-state index in [1.54, 1.807) is 0 Å². The number of rotatable bonds is 6. The van der Waals surface area contributed by atoms with E-state index in [4.69, 9.17) is 4.74 Å². The average Bonchev–Trinajstić information content (AvgIpc) is 2.44. The Balaban J connectivity index is 2.73. The number of esters is 1. The van der Waals surface area contributed by atoms with Crippen LogP contribution in [0.4, 0.5) is 0 Å². The van der Waals surface area contributed by atoms with Gasteiger partial charge < -0.3 is 4.74 Å². The molecule has 0 saturated heterocycles. The van der Waals surface area contributed by atoms with Crippen molar-refractivity contribution < 1.29 is 9.53 Å². The monoisotopic (exact) mass is 319 g/mol. The van der Waals surface area contributed by atoms with Gasteiger partial charge in [0.1, 0.15) is 0 Å². The molecule has 0 heterocycles. The lowest BCUT2D eigenvalue weighted by molar-refractivity contribution is -0.154. The van der Waals surface area contributed by atoms with Gasteiger partial charge in [-0.05, 0) is 69.9 Å². The van der Waals surface area contributed by atoms with Crippen molar-refractivity contribution >= 4 is 23.3 Å². The number of benzene rings is 1. The van der Waals surface area contributed by atoms with Gasteiger partial charge in [0.15, 0.2) is 0 Å². The minimum absolute atomic E-state index is 0.115. The number of ether oxygens (including phenoxy) is 1. The van der Waals surface area contributed by atoms with Crippen molar-refractivity contribution in [3.05, 3.63) is 34.9 Å². The van der Waals surface area contributed by atoms with Gasteiger partial charge >= 0.3 is 5.97 Å². The minimum Gasteiger partial charge on any atom is -0.465 e. The van der Waals surface area contributed by atoms with Gasteiger partial charge in [-0.25, -0.2) is 4.99 Å². The smallest absolute Gasteiger partial charge is 0.311 e. The van der Waals surface area contributed by atoms with Crippen LogP contribution in [0.1, 0.15) is 37.5 Å². The predicted molar refractivity (Wildman–Crippen MR) is 93.4 cm³/mol. The molecular weight excluding hydrogens is 294 g/mol. The number of aryl methyl sites for hydroxylation is 2. The summed E-state index contributed by atoms with van der Waals surface area (Å²) in [5.41, 5.74) is 3.27. The molecule has 120 valence electrons. The van der Waals surface area contributed by atoms with Crippen LogP contribution in [-0.4, -0.2) is 24.3 Å². The normalized spacial score (nSPS) is 12.4. The van der Waals surface area contributed by atoms with E-state index in [0.29, 0.717) is 13.2 Å². The van der Waals surface area contributed by atoms with Crippen LogP contribution < -0.4 is 0 Å². The van der Waals surface area contributed by atoms with E-state index in [1.807, 2.05) is 20.8 Å². The summed E-state index contributed by atoms with van der Waals surface area (Å²) in [7, 11) is 0. The quantitative estimate of drug-likeness (QED) is 0.449. The molecule has 0 spiro atoms. The van der Waals surface area contributed by atoms with Gasteiger partial charge in [-0.15, -0.1) is 0 Å². The second-order valence-electron chi connectivity index (χ2n) is 6.77. The molecule has 0 fully saturated rings. The highest BCUT2D eigenvalue weighted by Crippen LogP contribution is 2.18. The molecule has 0 radical (unpaired) electrons. The van der Waals surface area contributed by atoms with E-state index in [2.05, 4.69) is 54.4 Å². The lowest BCUT2D eigenvalue weighted by Crippen LogP contribution is -2.27. The summed E-state index contributed by atoms with van der Waals surface area (Å²) in [6.45, 7) is 10.6. The lowest BCUT2D eigenvalue weighted by atomic mass is 9.96. The second kappa shape index (κ2) is 8.21. The van der Waals surface area contributed by atoms with Crippen LogP contribution >= 0.6 is 12.2 Å². The van der Waals surface area contributed by atoms with E-state index < -0.39 is 5.41 Å². The predicted octanol–water partition coefficient (Wildman–Crippen LogP) is 4.15. The maximum atomic E-state index is 11.9. The number of carbonyl (C=O) groups excluding carboxylic acids is 1. The highest BCUT2D eigenvalue weighted by Gasteiger charge is 2.24. The number of aliphatic imine (C=N–C) groups is 1. The van der Waals surface area contributed by atoms with Gasteiger partial charge in [-0.1, -0.05) is 18.2 Å². The van der Waals surface area contributed by atoms with Crippen LogP contribution in [-0.2, 0) is 16.0 Å². The van der Waals surface area contributed by atoms with Crippen molar-refractivity contribution in [2.45, 2.75) is 41.0 Å². The molecule has 0 bridgehead atoms. The Kier molecular flexibility index (Phi) is 6.92. The standard InChI is InChI=1S/C18H25NO2S/c1-13-6-7-15(8-14(13)2)9-16(10-19-12-22)11-21-17(20)18(3,4)5/h6-8,16H,9-11H2,1-5H3. The molecule has 1 unspecified atom stereocenters. The van der Waals surface area contributed by atoms with Crippen LogP contribution in [0.15, 0.2) is 23.2 Å². The highest BCUT2D eigenvalue weighted by molar-refractivity contribution is 7.78. The zero-order chi connectivity index (χ0) is 16.8.